The molecule has 0 unspecified atom stereocenters. The van der Waals surface area contributed by atoms with Crippen LogP contribution in [0.5, 0.6) is 0 Å². The minimum Gasteiger partial charge on any atom is -0.459 e. The summed E-state index contributed by atoms with van der Waals surface area (Å²) in [5.41, 5.74) is 0.880. The zero-order valence-electron chi connectivity index (χ0n) is 14.5. The molecule has 1 aliphatic heterocycles. The Morgan fingerprint density at radius 1 is 1.15 bits per heavy atom. The van der Waals surface area contributed by atoms with Crippen LogP contribution in [0.1, 0.15) is 18.6 Å². The first-order valence-electron chi connectivity index (χ1n) is 8.73. The Hall–Kier alpha value is -2.80. The van der Waals surface area contributed by atoms with Crippen LogP contribution in [0, 0.1) is 0 Å². The van der Waals surface area contributed by atoms with Gasteiger partial charge < -0.3 is 14.6 Å². The highest BCUT2D eigenvalue weighted by Crippen LogP contribution is 2.30. The van der Waals surface area contributed by atoms with Crippen LogP contribution in [0.2, 0.25) is 5.02 Å². The van der Waals surface area contributed by atoms with Crippen molar-refractivity contribution in [1.29, 1.82) is 0 Å². The molecule has 1 aromatic heterocycles. The molecular formula is C19H18ClN3O4. The summed E-state index contributed by atoms with van der Waals surface area (Å²) in [6, 6.07) is 10.6. The lowest BCUT2D eigenvalue weighted by atomic mass is 10.2. The fourth-order valence-electron chi connectivity index (χ4n) is 3.02. The van der Waals surface area contributed by atoms with Gasteiger partial charge in [-0.2, -0.15) is 0 Å². The van der Waals surface area contributed by atoms with Crippen molar-refractivity contribution in [3.8, 4) is 11.3 Å². The minimum atomic E-state index is -0.404. The predicted molar refractivity (Wildman–Crippen MR) is 97.8 cm³/mol. The fraction of sp³-hybridized carbons (Fsp3) is 0.316. The standard InChI is InChI=1S/C19H18ClN3O4/c20-13-3-1-12(2-4-13)16-8-7-15(27-16)9-21-17(24)10-23-18(25)11-22(19(23)26)14-5-6-14/h1-4,7-8,14H,5-6,9-11H2,(H,21,24). The lowest BCUT2D eigenvalue weighted by Crippen LogP contribution is -2.41. The van der Waals surface area contributed by atoms with Gasteiger partial charge in [-0.1, -0.05) is 11.6 Å². The van der Waals surface area contributed by atoms with Crippen molar-refractivity contribution in [2.75, 3.05) is 13.1 Å². The van der Waals surface area contributed by atoms with Gasteiger partial charge in [0.05, 0.1) is 6.54 Å². The fourth-order valence-corrected chi connectivity index (χ4v) is 3.14. The molecule has 1 saturated carbocycles. The second-order valence-electron chi connectivity index (χ2n) is 6.67. The molecular weight excluding hydrogens is 370 g/mol. The Balaban J connectivity index is 1.31. The normalized spacial score (nSPS) is 16.9. The van der Waals surface area contributed by atoms with E-state index < -0.39 is 5.91 Å². The first-order chi connectivity index (χ1) is 13.0. The van der Waals surface area contributed by atoms with Gasteiger partial charge >= 0.3 is 6.03 Å². The number of halogens is 1. The highest BCUT2D eigenvalue weighted by molar-refractivity contribution is 6.30. The molecule has 1 aliphatic carbocycles. The first kappa shape index (κ1) is 17.6. The Morgan fingerprint density at radius 2 is 1.89 bits per heavy atom. The molecule has 2 aliphatic rings. The Kier molecular flexibility index (Phi) is 4.61. The third-order valence-corrected chi connectivity index (χ3v) is 4.87. The van der Waals surface area contributed by atoms with Crippen LogP contribution in [0.4, 0.5) is 4.79 Å². The van der Waals surface area contributed by atoms with Crippen LogP contribution < -0.4 is 5.32 Å². The number of furan rings is 1. The molecule has 1 saturated heterocycles. The predicted octanol–water partition coefficient (Wildman–Crippen LogP) is 2.64. The number of carbonyl (C=O) groups excluding carboxylic acids is 3. The van der Waals surface area contributed by atoms with Gasteiger partial charge in [0.1, 0.15) is 24.6 Å². The maximum absolute atomic E-state index is 12.2. The SMILES string of the molecule is O=C(CN1C(=O)CN(C2CC2)C1=O)NCc1ccc(-c2ccc(Cl)cc2)o1. The summed E-state index contributed by atoms with van der Waals surface area (Å²) in [4.78, 5) is 38.9. The molecule has 0 radical (unpaired) electrons. The second-order valence-corrected chi connectivity index (χ2v) is 7.11. The molecule has 140 valence electrons. The van der Waals surface area contributed by atoms with Gasteiger partial charge in [-0.3, -0.25) is 14.5 Å². The van der Waals surface area contributed by atoms with Crippen molar-refractivity contribution >= 4 is 29.4 Å². The van der Waals surface area contributed by atoms with E-state index in [1.807, 2.05) is 18.2 Å². The van der Waals surface area contributed by atoms with Gasteiger partial charge in [0, 0.05) is 16.6 Å². The molecule has 2 fully saturated rings. The number of carbonyl (C=O) groups is 3. The summed E-state index contributed by atoms with van der Waals surface area (Å²) in [6.45, 7) is -0.0277. The molecule has 7 nitrogen and oxygen atoms in total. The molecule has 2 aromatic rings. The monoisotopic (exact) mass is 387 g/mol. The Labute approximate surface area is 160 Å². The van der Waals surface area contributed by atoms with Crippen molar-refractivity contribution in [2.45, 2.75) is 25.4 Å². The van der Waals surface area contributed by atoms with Gasteiger partial charge in [-0.15, -0.1) is 0 Å². The van der Waals surface area contributed by atoms with Crippen LogP contribution in [0.15, 0.2) is 40.8 Å². The lowest BCUT2D eigenvalue weighted by molar-refractivity contribution is -0.130. The topological polar surface area (TPSA) is 82.9 Å². The number of hydrogen-bond acceptors (Lipinski definition) is 4. The highest BCUT2D eigenvalue weighted by atomic mass is 35.5. The number of amides is 4. The number of imide groups is 1. The van der Waals surface area contributed by atoms with E-state index in [1.165, 1.54) is 0 Å². The molecule has 1 N–H and O–H groups in total. The number of nitrogens with one attached hydrogen (secondary N) is 1. The maximum atomic E-state index is 12.2. The summed E-state index contributed by atoms with van der Waals surface area (Å²) in [5.74, 6) is 0.511. The number of rotatable bonds is 6. The minimum absolute atomic E-state index is 0.0689. The zero-order valence-corrected chi connectivity index (χ0v) is 15.2. The molecule has 0 atom stereocenters. The Morgan fingerprint density at radius 3 is 2.59 bits per heavy atom. The quantitative estimate of drug-likeness (QED) is 0.772. The van der Waals surface area contributed by atoms with Gasteiger partial charge in [-0.05, 0) is 49.2 Å². The van der Waals surface area contributed by atoms with Crippen LogP contribution in [0.25, 0.3) is 11.3 Å². The molecule has 2 heterocycles. The third-order valence-electron chi connectivity index (χ3n) is 4.62. The maximum Gasteiger partial charge on any atom is 0.327 e. The average molecular weight is 388 g/mol. The zero-order chi connectivity index (χ0) is 19.0. The van der Waals surface area contributed by atoms with Gasteiger partial charge in [0.25, 0.3) is 5.91 Å². The largest absolute Gasteiger partial charge is 0.459 e. The van der Waals surface area contributed by atoms with Crippen LogP contribution in [0.3, 0.4) is 0 Å². The van der Waals surface area contributed by atoms with E-state index >= 15 is 0 Å². The summed E-state index contributed by atoms with van der Waals surface area (Å²) < 4.78 is 5.72. The summed E-state index contributed by atoms with van der Waals surface area (Å²) >= 11 is 5.88. The number of urea groups is 1. The summed E-state index contributed by atoms with van der Waals surface area (Å²) in [6.07, 6.45) is 1.85. The van der Waals surface area contributed by atoms with Gasteiger partial charge in [-0.25, -0.2) is 4.79 Å². The molecule has 27 heavy (non-hydrogen) atoms. The van der Waals surface area contributed by atoms with E-state index in [9.17, 15) is 14.4 Å². The van der Waals surface area contributed by atoms with Crippen molar-refractivity contribution in [2.24, 2.45) is 0 Å². The number of benzene rings is 1. The third kappa shape index (κ3) is 3.83. The van der Waals surface area contributed by atoms with Crippen molar-refractivity contribution in [3.05, 3.63) is 47.2 Å². The van der Waals surface area contributed by atoms with Crippen molar-refractivity contribution in [1.82, 2.24) is 15.1 Å². The number of nitrogens with zero attached hydrogens (tertiary/aromatic N) is 2. The van der Waals surface area contributed by atoms with Crippen molar-refractivity contribution in [3.63, 3.8) is 0 Å². The summed E-state index contributed by atoms with van der Waals surface area (Å²) in [7, 11) is 0. The first-order valence-corrected chi connectivity index (χ1v) is 9.11. The highest BCUT2D eigenvalue weighted by Gasteiger charge is 2.44. The molecule has 0 bridgehead atoms. The summed E-state index contributed by atoms with van der Waals surface area (Å²) in [5, 5.41) is 3.32. The van der Waals surface area contributed by atoms with E-state index in [2.05, 4.69) is 5.32 Å². The van der Waals surface area contributed by atoms with E-state index in [4.69, 9.17) is 16.0 Å². The van der Waals surface area contributed by atoms with E-state index in [0.717, 1.165) is 23.3 Å². The van der Waals surface area contributed by atoms with Crippen molar-refractivity contribution < 1.29 is 18.8 Å². The molecule has 1 aromatic carbocycles. The molecule has 8 heteroatoms. The smallest absolute Gasteiger partial charge is 0.327 e. The van der Waals surface area contributed by atoms with E-state index in [-0.39, 0.29) is 37.6 Å². The average Bonchev–Trinajstić information content (AvgIpc) is 3.32. The van der Waals surface area contributed by atoms with Gasteiger partial charge in [0.15, 0.2) is 0 Å². The van der Waals surface area contributed by atoms with Crippen LogP contribution in [-0.4, -0.2) is 46.8 Å². The van der Waals surface area contributed by atoms with Crippen LogP contribution >= 0.6 is 11.6 Å². The molecule has 4 rings (SSSR count). The van der Waals surface area contributed by atoms with E-state index in [1.54, 1.807) is 23.1 Å². The second kappa shape index (κ2) is 7.08. The molecule has 0 spiro atoms. The van der Waals surface area contributed by atoms with E-state index in [0.29, 0.717) is 16.5 Å². The number of hydrogen-bond donors (Lipinski definition) is 1. The van der Waals surface area contributed by atoms with Crippen LogP contribution in [-0.2, 0) is 16.1 Å². The molecule has 4 amide bonds. The Bertz CT molecular complexity index is 889. The lowest BCUT2D eigenvalue weighted by Gasteiger charge is -2.16. The van der Waals surface area contributed by atoms with Gasteiger partial charge in [0.2, 0.25) is 5.91 Å².